The molecular formula is C16H20N2O5. The summed E-state index contributed by atoms with van der Waals surface area (Å²) in [6.45, 7) is 0.791. The third-order valence-corrected chi connectivity index (χ3v) is 3.88. The predicted molar refractivity (Wildman–Crippen MR) is 82.6 cm³/mol. The zero-order valence-electron chi connectivity index (χ0n) is 12.6. The molecule has 3 N–H and O–H groups in total. The maximum absolute atomic E-state index is 11.4. The molecule has 0 aliphatic carbocycles. The van der Waals surface area contributed by atoms with Crippen molar-refractivity contribution in [3.63, 3.8) is 0 Å². The van der Waals surface area contributed by atoms with Gasteiger partial charge in [-0.15, -0.1) is 0 Å². The minimum atomic E-state index is -1.12. The van der Waals surface area contributed by atoms with Gasteiger partial charge in [-0.1, -0.05) is 18.2 Å². The van der Waals surface area contributed by atoms with Crippen LogP contribution in [0.3, 0.4) is 0 Å². The Bertz CT molecular complexity index is 575. The van der Waals surface area contributed by atoms with Crippen LogP contribution in [0.2, 0.25) is 0 Å². The number of para-hydroxylation sites is 1. The summed E-state index contributed by atoms with van der Waals surface area (Å²) in [7, 11) is 0. The number of carboxylic acid groups (broad SMARTS) is 1. The normalized spacial score (nSPS) is 22.4. The fourth-order valence-electron chi connectivity index (χ4n) is 2.77. The lowest BCUT2D eigenvalue weighted by Gasteiger charge is -2.11. The van der Waals surface area contributed by atoms with Gasteiger partial charge in [0.15, 0.2) is 0 Å². The number of imide groups is 1. The molecule has 2 fully saturated rings. The molecule has 2 aliphatic heterocycles. The number of amides is 2. The van der Waals surface area contributed by atoms with Crippen LogP contribution in [-0.4, -0.2) is 52.1 Å². The van der Waals surface area contributed by atoms with Crippen LogP contribution in [-0.2, 0) is 14.4 Å². The van der Waals surface area contributed by atoms with Crippen molar-refractivity contribution in [3.05, 3.63) is 30.3 Å². The number of nitrogens with zero attached hydrogens (tertiary/aromatic N) is 1. The number of aliphatic hydroxyl groups excluding tert-OH is 1. The Hall–Kier alpha value is -2.41. The van der Waals surface area contributed by atoms with Gasteiger partial charge in [-0.3, -0.25) is 19.3 Å². The highest BCUT2D eigenvalue weighted by Crippen LogP contribution is 2.33. The van der Waals surface area contributed by atoms with Crippen molar-refractivity contribution in [3.8, 4) is 0 Å². The summed E-state index contributed by atoms with van der Waals surface area (Å²) >= 11 is 0. The van der Waals surface area contributed by atoms with Gasteiger partial charge in [-0.05, 0) is 25.0 Å². The van der Waals surface area contributed by atoms with E-state index in [1.807, 2.05) is 30.3 Å². The van der Waals surface area contributed by atoms with Crippen molar-refractivity contribution in [2.24, 2.45) is 5.92 Å². The van der Waals surface area contributed by atoms with Crippen LogP contribution in [0.5, 0.6) is 0 Å². The summed E-state index contributed by atoms with van der Waals surface area (Å²) in [6, 6.07) is 9.66. The van der Waals surface area contributed by atoms with Gasteiger partial charge >= 0.3 is 5.97 Å². The smallest absolute Gasteiger partial charge is 0.316 e. The number of fused-ring (bicyclic) bond motifs is 1. The molecule has 2 heterocycles. The van der Waals surface area contributed by atoms with Crippen LogP contribution in [0.1, 0.15) is 19.3 Å². The molecule has 0 spiro atoms. The summed E-state index contributed by atoms with van der Waals surface area (Å²) < 4.78 is 0. The second kappa shape index (κ2) is 7.73. The number of hydrogen-bond donors (Lipinski definition) is 3. The van der Waals surface area contributed by atoms with Gasteiger partial charge < -0.3 is 15.5 Å². The van der Waals surface area contributed by atoms with E-state index in [9.17, 15) is 14.4 Å². The summed E-state index contributed by atoms with van der Waals surface area (Å²) in [5, 5.41) is 20.2. The summed E-state index contributed by atoms with van der Waals surface area (Å²) in [4.78, 5) is 34.2. The highest BCUT2D eigenvalue weighted by Gasteiger charge is 2.49. The molecule has 7 heteroatoms. The molecular weight excluding hydrogens is 300 g/mol. The van der Waals surface area contributed by atoms with E-state index >= 15 is 0 Å². The lowest BCUT2D eigenvalue weighted by molar-refractivity contribution is -0.149. The topological polar surface area (TPSA) is 107 Å². The molecule has 2 aliphatic rings. The Morgan fingerprint density at radius 2 is 1.96 bits per heavy atom. The zero-order valence-corrected chi connectivity index (χ0v) is 12.6. The largest absolute Gasteiger partial charge is 0.481 e. The fourth-order valence-corrected chi connectivity index (χ4v) is 2.77. The molecule has 23 heavy (non-hydrogen) atoms. The molecule has 2 unspecified atom stereocenters. The molecule has 0 saturated carbocycles. The minimum Gasteiger partial charge on any atom is -0.481 e. The van der Waals surface area contributed by atoms with E-state index in [-0.39, 0.29) is 18.6 Å². The molecule has 0 radical (unpaired) electrons. The third kappa shape index (κ3) is 4.07. The SMILES string of the molecule is O=C(O)C1CC2CCC(=O)N2C1=O.OCCNc1ccccc1. The number of anilines is 1. The van der Waals surface area contributed by atoms with Crippen LogP contribution in [0.25, 0.3) is 0 Å². The molecule has 1 aromatic rings. The summed E-state index contributed by atoms with van der Waals surface area (Å²) in [5.74, 6) is -2.86. The third-order valence-electron chi connectivity index (χ3n) is 3.88. The monoisotopic (exact) mass is 320 g/mol. The van der Waals surface area contributed by atoms with Crippen molar-refractivity contribution in [1.82, 2.24) is 4.90 Å². The van der Waals surface area contributed by atoms with E-state index in [1.54, 1.807) is 0 Å². The van der Waals surface area contributed by atoms with Gasteiger partial charge in [0.05, 0.1) is 6.61 Å². The van der Waals surface area contributed by atoms with E-state index < -0.39 is 17.8 Å². The van der Waals surface area contributed by atoms with Gasteiger partial charge in [0.25, 0.3) is 0 Å². The number of aliphatic carboxylic acids is 1. The lowest BCUT2D eigenvalue weighted by atomic mass is 10.0. The van der Waals surface area contributed by atoms with E-state index in [1.165, 1.54) is 0 Å². The molecule has 3 rings (SSSR count). The highest BCUT2D eigenvalue weighted by atomic mass is 16.4. The van der Waals surface area contributed by atoms with E-state index in [0.717, 1.165) is 10.6 Å². The van der Waals surface area contributed by atoms with Crippen molar-refractivity contribution in [2.75, 3.05) is 18.5 Å². The Balaban J connectivity index is 0.000000174. The molecule has 2 atom stereocenters. The van der Waals surface area contributed by atoms with E-state index in [4.69, 9.17) is 10.2 Å². The van der Waals surface area contributed by atoms with Gasteiger partial charge in [0.1, 0.15) is 5.92 Å². The number of carbonyl (C=O) groups excluding carboxylic acids is 2. The van der Waals surface area contributed by atoms with Crippen LogP contribution in [0.15, 0.2) is 30.3 Å². The zero-order chi connectivity index (χ0) is 16.8. The summed E-state index contributed by atoms with van der Waals surface area (Å²) in [5.41, 5.74) is 1.05. The number of hydrogen-bond acceptors (Lipinski definition) is 5. The number of carboxylic acids is 1. The van der Waals surface area contributed by atoms with Crippen LogP contribution < -0.4 is 5.32 Å². The number of carbonyl (C=O) groups is 3. The lowest BCUT2D eigenvalue weighted by Crippen LogP contribution is -2.34. The molecule has 7 nitrogen and oxygen atoms in total. The number of rotatable bonds is 4. The standard InChI is InChI=1S/C8H9NO4.C8H11NO/c10-6-2-1-4-3-5(8(12)13)7(11)9(4)6;10-7-6-9-8-4-2-1-3-5-8/h4-5H,1-3H2,(H,12,13);1-5,9-10H,6-7H2. The van der Waals surface area contributed by atoms with E-state index in [2.05, 4.69) is 5.32 Å². The predicted octanol–water partition coefficient (Wildman–Crippen LogP) is 0.699. The molecule has 0 bridgehead atoms. The quantitative estimate of drug-likeness (QED) is 0.557. The second-order valence-corrected chi connectivity index (χ2v) is 5.44. The molecule has 1 aromatic carbocycles. The Morgan fingerprint density at radius 1 is 1.26 bits per heavy atom. The first-order valence-electron chi connectivity index (χ1n) is 7.53. The maximum atomic E-state index is 11.4. The Labute approximate surface area is 133 Å². The molecule has 2 amide bonds. The average molecular weight is 320 g/mol. The van der Waals surface area contributed by atoms with Gasteiger partial charge in [-0.25, -0.2) is 0 Å². The van der Waals surface area contributed by atoms with Crippen LogP contribution in [0, 0.1) is 5.92 Å². The number of benzene rings is 1. The molecule has 2 saturated heterocycles. The Kier molecular flexibility index (Phi) is 5.70. The van der Waals surface area contributed by atoms with Gasteiger partial charge in [-0.2, -0.15) is 0 Å². The first kappa shape index (κ1) is 17.0. The van der Waals surface area contributed by atoms with Crippen molar-refractivity contribution < 1.29 is 24.6 Å². The van der Waals surface area contributed by atoms with Crippen molar-refractivity contribution >= 4 is 23.5 Å². The van der Waals surface area contributed by atoms with Gasteiger partial charge in [0, 0.05) is 24.7 Å². The highest BCUT2D eigenvalue weighted by molar-refractivity contribution is 6.07. The molecule has 124 valence electrons. The first-order chi connectivity index (χ1) is 11.0. The van der Waals surface area contributed by atoms with Crippen LogP contribution >= 0.6 is 0 Å². The second-order valence-electron chi connectivity index (χ2n) is 5.44. The van der Waals surface area contributed by atoms with Gasteiger partial charge in [0.2, 0.25) is 11.8 Å². The van der Waals surface area contributed by atoms with Crippen LogP contribution in [0.4, 0.5) is 5.69 Å². The average Bonchev–Trinajstić information content (AvgIpc) is 3.08. The number of nitrogens with one attached hydrogen (secondary N) is 1. The minimum absolute atomic E-state index is 0.152. The summed E-state index contributed by atoms with van der Waals surface area (Å²) in [6.07, 6.45) is 1.29. The fraction of sp³-hybridized carbons (Fsp3) is 0.438. The molecule has 0 aromatic heterocycles. The van der Waals surface area contributed by atoms with Crippen molar-refractivity contribution in [1.29, 1.82) is 0 Å². The Morgan fingerprint density at radius 3 is 2.52 bits per heavy atom. The first-order valence-corrected chi connectivity index (χ1v) is 7.53. The maximum Gasteiger partial charge on any atom is 0.316 e. The number of aliphatic hydroxyl groups is 1. The van der Waals surface area contributed by atoms with E-state index in [0.29, 0.717) is 25.8 Å². The van der Waals surface area contributed by atoms with Crippen molar-refractivity contribution in [2.45, 2.75) is 25.3 Å².